The fourth-order valence-corrected chi connectivity index (χ4v) is 9.87. The van der Waals surface area contributed by atoms with Gasteiger partial charge in [0.1, 0.15) is 13.2 Å². The van der Waals surface area contributed by atoms with Gasteiger partial charge in [-0.3, -0.25) is 13.8 Å². The minimum Gasteiger partial charge on any atom is -0.387 e. The van der Waals surface area contributed by atoms with Crippen molar-refractivity contribution in [3.8, 4) is 0 Å². The average molecular weight is 1030 g/mol. The lowest BCUT2D eigenvalue weighted by Crippen LogP contribution is -2.45. The molecule has 9 heteroatoms. The number of unbranched alkanes of at least 4 members (excludes halogenated alkanes) is 38. The van der Waals surface area contributed by atoms with Crippen molar-refractivity contribution in [3.05, 3.63) is 48.6 Å². The van der Waals surface area contributed by atoms with Gasteiger partial charge in [0.25, 0.3) is 0 Å². The van der Waals surface area contributed by atoms with Crippen molar-refractivity contribution in [2.75, 3.05) is 40.9 Å². The topological polar surface area (TPSA) is 105 Å². The molecule has 0 saturated heterocycles. The molecule has 0 spiro atoms. The third kappa shape index (κ3) is 56.2. The zero-order valence-corrected chi connectivity index (χ0v) is 49.3. The molecule has 0 aliphatic carbocycles. The SMILES string of the molecule is CCCCCCCCCC/C=C\CCCCCCCCCCCCCCCC(=O)NC(COP(=O)(O)OCC[N+](C)(C)C)C(O)/C=C/CC/C=C/CC/C=C/CCCCCCCCCCCCCCCCC. The minimum atomic E-state index is -4.36. The Morgan fingerprint density at radius 1 is 0.458 bits per heavy atom. The Hall–Kier alpha value is -1.54. The first-order valence-electron chi connectivity index (χ1n) is 31.0. The Balaban J connectivity index is 4.22. The van der Waals surface area contributed by atoms with E-state index in [2.05, 4.69) is 55.6 Å². The van der Waals surface area contributed by atoms with Gasteiger partial charge < -0.3 is 19.8 Å². The first kappa shape index (κ1) is 70.5. The minimum absolute atomic E-state index is 0.0536. The highest BCUT2D eigenvalue weighted by atomic mass is 31.2. The third-order valence-electron chi connectivity index (χ3n) is 14.0. The van der Waals surface area contributed by atoms with E-state index in [-0.39, 0.29) is 19.1 Å². The molecule has 72 heavy (non-hydrogen) atoms. The maximum atomic E-state index is 13.0. The van der Waals surface area contributed by atoms with E-state index < -0.39 is 20.0 Å². The van der Waals surface area contributed by atoms with E-state index in [1.54, 1.807) is 6.08 Å². The van der Waals surface area contributed by atoms with Crippen LogP contribution in [0.5, 0.6) is 0 Å². The largest absolute Gasteiger partial charge is 0.472 e. The lowest BCUT2D eigenvalue weighted by Gasteiger charge is -2.25. The monoisotopic (exact) mass is 1030 g/mol. The first-order chi connectivity index (χ1) is 35.0. The molecule has 0 bridgehead atoms. The molecular formula is C63H122N2O6P+. The molecular weight excluding hydrogens is 912 g/mol. The summed E-state index contributed by atoms with van der Waals surface area (Å²) in [5.74, 6) is -0.188. The van der Waals surface area contributed by atoms with Crippen molar-refractivity contribution in [1.82, 2.24) is 5.32 Å². The van der Waals surface area contributed by atoms with Gasteiger partial charge in [-0.05, 0) is 70.6 Å². The molecule has 0 fully saturated rings. The highest BCUT2D eigenvalue weighted by Crippen LogP contribution is 2.43. The molecule has 0 aliphatic heterocycles. The zero-order chi connectivity index (χ0) is 52.7. The molecule has 1 amide bonds. The number of allylic oxidation sites excluding steroid dienone is 7. The summed E-state index contributed by atoms with van der Waals surface area (Å²) in [6, 6.07) is -0.871. The van der Waals surface area contributed by atoms with E-state index in [0.717, 1.165) is 44.9 Å². The molecule has 0 saturated carbocycles. The van der Waals surface area contributed by atoms with Gasteiger partial charge in [0.15, 0.2) is 0 Å². The number of aliphatic hydroxyl groups excluding tert-OH is 1. The second kappa shape index (κ2) is 54.3. The molecule has 0 heterocycles. The predicted octanol–water partition coefficient (Wildman–Crippen LogP) is 19.1. The van der Waals surface area contributed by atoms with Crippen LogP contribution in [0.2, 0.25) is 0 Å². The number of phosphoric ester groups is 1. The van der Waals surface area contributed by atoms with Crippen molar-refractivity contribution in [2.24, 2.45) is 0 Å². The number of quaternary nitrogens is 1. The maximum absolute atomic E-state index is 13.0. The lowest BCUT2D eigenvalue weighted by molar-refractivity contribution is -0.870. The number of hydrogen-bond acceptors (Lipinski definition) is 5. The molecule has 0 aromatic rings. The van der Waals surface area contributed by atoms with Crippen molar-refractivity contribution in [2.45, 2.75) is 309 Å². The van der Waals surface area contributed by atoms with Gasteiger partial charge in [-0.1, -0.05) is 268 Å². The summed E-state index contributed by atoms with van der Waals surface area (Å²) in [5.41, 5.74) is 0. The van der Waals surface area contributed by atoms with Gasteiger partial charge in [0, 0.05) is 6.42 Å². The standard InChI is InChI=1S/C63H121N2O6P/c1-6-8-10-12-14-16-18-20-22-24-26-28-30-32-34-36-38-40-42-44-46-48-50-52-54-56-62(66)61(60-71-72(68,69)70-59-58-65(3,4)5)64-63(67)57-55-53-51-49-47-45-43-41-39-37-35-33-31-29-27-25-23-21-19-17-15-13-11-9-7-2/h25,27,38,40,46,48,54,56,61-62,66H,6-24,26,28-37,39,41-45,47,49-53,55,57-60H2,1-5H3,(H-,64,67,68,69)/p+1/b27-25-,40-38+,48-46+,56-54+. The number of amides is 1. The Morgan fingerprint density at radius 2 is 0.764 bits per heavy atom. The molecule has 8 nitrogen and oxygen atoms in total. The summed E-state index contributed by atoms with van der Waals surface area (Å²) in [6.07, 6.45) is 72.3. The summed E-state index contributed by atoms with van der Waals surface area (Å²) in [5, 5.41) is 13.9. The molecule has 0 aliphatic rings. The molecule has 0 aromatic heterocycles. The highest BCUT2D eigenvalue weighted by molar-refractivity contribution is 7.47. The Labute approximate surface area is 448 Å². The van der Waals surface area contributed by atoms with Crippen molar-refractivity contribution in [1.29, 1.82) is 0 Å². The van der Waals surface area contributed by atoms with Gasteiger partial charge in [0.05, 0.1) is 39.9 Å². The normalized spacial score (nSPS) is 14.2. The second-order valence-corrected chi connectivity index (χ2v) is 23.9. The molecule has 3 unspecified atom stereocenters. The van der Waals surface area contributed by atoms with Crippen LogP contribution in [-0.4, -0.2) is 73.4 Å². The smallest absolute Gasteiger partial charge is 0.387 e. The summed E-state index contributed by atoms with van der Waals surface area (Å²) in [4.78, 5) is 23.3. The van der Waals surface area contributed by atoms with Crippen LogP contribution in [0.4, 0.5) is 0 Å². The quantitative estimate of drug-likeness (QED) is 0.0243. The van der Waals surface area contributed by atoms with Gasteiger partial charge in [0.2, 0.25) is 5.91 Å². The Morgan fingerprint density at radius 3 is 1.11 bits per heavy atom. The summed E-state index contributed by atoms with van der Waals surface area (Å²) < 4.78 is 23.7. The van der Waals surface area contributed by atoms with Gasteiger partial charge in [-0.25, -0.2) is 4.57 Å². The molecule has 3 atom stereocenters. The number of carbonyl (C=O) groups excluding carboxylic acids is 1. The highest BCUT2D eigenvalue weighted by Gasteiger charge is 2.27. The molecule has 0 radical (unpaired) electrons. The summed E-state index contributed by atoms with van der Waals surface area (Å²) in [6.45, 7) is 4.82. The number of aliphatic hydroxyl groups is 1. The van der Waals surface area contributed by atoms with E-state index in [1.807, 2.05) is 27.2 Å². The second-order valence-electron chi connectivity index (χ2n) is 22.4. The number of likely N-dealkylation sites (N-methyl/N-ethyl adjacent to an activating group) is 1. The van der Waals surface area contributed by atoms with E-state index in [0.29, 0.717) is 17.4 Å². The van der Waals surface area contributed by atoms with Crippen LogP contribution < -0.4 is 5.32 Å². The van der Waals surface area contributed by atoms with Crippen LogP contribution in [-0.2, 0) is 18.4 Å². The third-order valence-corrected chi connectivity index (χ3v) is 15.0. The zero-order valence-electron chi connectivity index (χ0n) is 48.4. The van der Waals surface area contributed by atoms with Gasteiger partial charge in [-0.2, -0.15) is 0 Å². The van der Waals surface area contributed by atoms with Gasteiger partial charge in [-0.15, -0.1) is 0 Å². The molecule has 424 valence electrons. The predicted molar refractivity (Wildman–Crippen MR) is 314 cm³/mol. The first-order valence-corrected chi connectivity index (χ1v) is 32.5. The van der Waals surface area contributed by atoms with Crippen molar-refractivity contribution < 1.29 is 32.9 Å². The number of hydrogen-bond donors (Lipinski definition) is 3. The average Bonchev–Trinajstić information content (AvgIpc) is 3.34. The van der Waals surface area contributed by atoms with E-state index in [1.165, 1.54) is 231 Å². The van der Waals surface area contributed by atoms with Crippen LogP contribution in [0.3, 0.4) is 0 Å². The number of nitrogens with one attached hydrogen (secondary N) is 1. The van der Waals surface area contributed by atoms with Gasteiger partial charge >= 0.3 is 7.82 Å². The van der Waals surface area contributed by atoms with E-state index in [4.69, 9.17) is 9.05 Å². The van der Waals surface area contributed by atoms with Crippen LogP contribution >= 0.6 is 7.82 Å². The summed E-state index contributed by atoms with van der Waals surface area (Å²) >= 11 is 0. The summed E-state index contributed by atoms with van der Waals surface area (Å²) in [7, 11) is 1.55. The maximum Gasteiger partial charge on any atom is 0.472 e. The number of rotatable bonds is 57. The van der Waals surface area contributed by atoms with E-state index >= 15 is 0 Å². The Kier molecular flexibility index (Phi) is 53.1. The van der Waals surface area contributed by atoms with E-state index in [9.17, 15) is 19.4 Å². The van der Waals surface area contributed by atoms with Crippen LogP contribution in [0.15, 0.2) is 48.6 Å². The van der Waals surface area contributed by atoms with Crippen LogP contribution in [0.25, 0.3) is 0 Å². The Bertz CT molecular complexity index is 1310. The number of carbonyl (C=O) groups is 1. The van der Waals surface area contributed by atoms with Crippen molar-refractivity contribution >= 4 is 13.7 Å². The number of phosphoric acid groups is 1. The number of nitrogens with zero attached hydrogens (tertiary/aromatic N) is 1. The fraction of sp³-hybridized carbons (Fsp3) is 0.857. The molecule has 3 N–H and O–H groups in total. The lowest BCUT2D eigenvalue weighted by atomic mass is 10.0. The van der Waals surface area contributed by atoms with Crippen molar-refractivity contribution in [3.63, 3.8) is 0 Å². The molecule has 0 rings (SSSR count). The van der Waals surface area contributed by atoms with Crippen LogP contribution in [0, 0.1) is 0 Å². The van der Waals surface area contributed by atoms with Crippen LogP contribution in [0.1, 0.15) is 296 Å². The molecule has 0 aromatic carbocycles. The fourth-order valence-electron chi connectivity index (χ4n) is 9.13.